The summed E-state index contributed by atoms with van der Waals surface area (Å²) in [4.78, 5) is 28.9. The molecule has 0 atom stereocenters. The summed E-state index contributed by atoms with van der Waals surface area (Å²) in [6.07, 6.45) is -0.163. The van der Waals surface area contributed by atoms with Crippen molar-refractivity contribution in [1.82, 2.24) is 15.3 Å². The van der Waals surface area contributed by atoms with Crippen LogP contribution in [0.5, 0.6) is 0 Å². The van der Waals surface area contributed by atoms with Crippen molar-refractivity contribution in [2.75, 3.05) is 7.05 Å². The van der Waals surface area contributed by atoms with Crippen LogP contribution in [0.4, 0.5) is 0 Å². The molecule has 0 aliphatic heterocycles. The van der Waals surface area contributed by atoms with Gasteiger partial charge in [-0.2, -0.15) is 0 Å². The minimum atomic E-state index is -0.949. The number of aromatic nitrogens is 2. The second-order valence-electron chi connectivity index (χ2n) is 3.57. The highest BCUT2D eigenvalue weighted by Gasteiger charge is 2.09. The summed E-state index contributed by atoms with van der Waals surface area (Å²) in [5, 5.41) is 11.2. The Bertz CT molecular complexity index is 589. The third kappa shape index (κ3) is 2.25. The molecule has 0 aliphatic rings. The lowest BCUT2D eigenvalue weighted by Gasteiger charge is -1.98. The number of nitrogens with one attached hydrogen (secondary N) is 2. The van der Waals surface area contributed by atoms with Crippen LogP contribution in [-0.4, -0.2) is 34.0 Å². The number of benzene rings is 1. The van der Waals surface area contributed by atoms with E-state index in [4.69, 9.17) is 5.11 Å². The Kier molecular flexibility index (Phi) is 2.78. The van der Waals surface area contributed by atoms with Crippen molar-refractivity contribution < 1.29 is 14.7 Å². The first-order valence-electron chi connectivity index (χ1n) is 5.02. The molecule has 0 unspecified atom stereocenters. The molecule has 1 aromatic carbocycles. The van der Waals surface area contributed by atoms with Crippen LogP contribution in [0.1, 0.15) is 16.2 Å². The van der Waals surface area contributed by atoms with E-state index in [1.54, 1.807) is 25.2 Å². The van der Waals surface area contributed by atoms with Crippen molar-refractivity contribution >= 4 is 22.9 Å². The van der Waals surface area contributed by atoms with Crippen LogP contribution >= 0.6 is 0 Å². The van der Waals surface area contributed by atoms with Crippen molar-refractivity contribution in [3.05, 3.63) is 29.6 Å². The molecule has 0 spiro atoms. The molecule has 2 aromatic rings. The molecule has 6 nitrogen and oxygen atoms in total. The molecule has 0 saturated heterocycles. The lowest BCUT2D eigenvalue weighted by atomic mass is 10.2. The van der Waals surface area contributed by atoms with Gasteiger partial charge in [0.25, 0.3) is 5.91 Å². The van der Waals surface area contributed by atoms with Crippen molar-refractivity contribution in [2.24, 2.45) is 0 Å². The van der Waals surface area contributed by atoms with E-state index in [-0.39, 0.29) is 12.3 Å². The van der Waals surface area contributed by atoms with E-state index in [2.05, 4.69) is 15.3 Å². The Morgan fingerprint density at radius 1 is 1.47 bits per heavy atom. The minimum absolute atomic E-state index is 0.163. The number of nitrogens with zero attached hydrogens (tertiary/aromatic N) is 1. The molecule has 0 fully saturated rings. The number of hydrogen-bond donors (Lipinski definition) is 3. The maximum absolute atomic E-state index is 11.4. The van der Waals surface area contributed by atoms with Crippen LogP contribution in [0, 0.1) is 0 Å². The van der Waals surface area contributed by atoms with Crippen LogP contribution in [-0.2, 0) is 11.2 Å². The maximum atomic E-state index is 11.4. The molecule has 0 aliphatic carbocycles. The summed E-state index contributed by atoms with van der Waals surface area (Å²) < 4.78 is 0. The van der Waals surface area contributed by atoms with Gasteiger partial charge in [-0.15, -0.1) is 0 Å². The normalized spacial score (nSPS) is 10.4. The largest absolute Gasteiger partial charge is 0.481 e. The fourth-order valence-electron chi connectivity index (χ4n) is 1.57. The van der Waals surface area contributed by atoms with E-state index in [0.717, 1.165) is 0 Å². The Balaban J connectivity index is 2.40. The predicted octanol–water partition coefficient (Wildman–Crippen LogP) is 0.550. The number of carbonyl (C=O) groups is 2. The zero-order chi connectivity index (χ0) is 12.4. The van der Waals surface area contributed by atoms with Gasteiger partial charge >= 0.3 is 5.97 Å². The number of fused-ring (bicyclic) bond motifs is 1. The van der Waals surface area contributed by atoms with Crippen molar-refractivity contribution in [3.63, 3.8) is 0 Å². The van der Waals surface area contributed by atoms with E-state index in [1.165, 1.54) is 0 Å². The number of H-pyrrole nitrogens is 1. The summed E-state index contributed by atoms with van der Waals surface area (Å²) in [5.74, 6) is -0.765. The van der Waals surface area contributed by atoms with Crippen molar-refractivity contribution in [1.29, 1.82) is 0 Å². The lowest BCUT2D eigenvalue weighted by Crippen LogP contribution is -2.17. The third-order valence-corrected chi connectivity index (χ3v) is 2.34. The quantitative estimate of drug-likeness (QED) is 0.721. The van der Waals surface area contributed by atoms with Gasteiger partial charge in [0.15, 0.2) is 0 Å². The molecule has 1 amide bonds. The monoisotopic (exact) mass is 233 g/mol. The van der Waals surface area contributed by atoms with Gasteiger partial charge in [0.1, 0.15) is 12.2 Å². The molecular weight excluding hydrogens is 222 g/mol. The highest BCUT2D eigenvalue weighted by molar-refractivity contribution is 5.97. The van der Waals surface area contributed by atoms with Gasteiger partial charge in [-0.05, 0) is 18.2 Å². The fourth-order valence-corrected chi connectivity index (χ4v) is 1.57. The number of aliphatic carboxylic acids is 1. The fraction of sp³-hybridized carbons (Fsp3) is 0.182. The van der Waals surface area contributed by atoms with Crippen LogP contribution in [0.2, 0.25) is 0 Å². The van der Waals surface area contributed by atoms with Gasteiger partial charge in [0.2, 0.25) is 0 Å². The molecule has 1 heterocycles. The third-order valence-electron chi connectivity index (χ3n) is 2.34. The Morgan fingerprint density at radius 3 is 2.88 bits per heavy atom. The second kappa shape index (κ2) is 4.25. The first-order chi connectivity index (χ1) is 8.10. The zero-order valence-electron chi connectivity index (χ0n) is 9.15. The van der Waals surface area contributed by atoms with E-state index >= 15 is 0 Å². The highest BCUT2D eigenvalue weighted by atomic mass is 16.4. The summed E-state index contributed by atoms with van der Waals surface area (Å²) >= 11 is 0. The van der Waals surface area contributed by atoms with E-state index in [1.807, 2.05) is 0 Å². The van der Waals surface area contributed by atoms with Crippen LogP contribution in [0.3, 0.4) is 0 Å². The number of carboxylic acids is 1. The lowest BCUT2D eigenvalue weighted by molar-refractivity contribution is -0.136. The van der Waals surface area contributed by atoms with Gasteiger partial charge < -0.3 is 15.4 Å². The first kappa shape index (κ1) is 11.1. The average Bonchev–Trinajstić information content (AvgIpc) is 2.67. The summed E-state index contributed by atoms with van der Waals surface area (Å²) in [6, 6.07) is 4.97. The van der Waals surface area contributed by atoms with E-state index in [9.17, 15) is 9.59 Å². The molecular formula is C11H11N3O3. The molecule has 2 rings (SSSR count). The topological polar surface area (TPSA) is 95.1 Å². The molecule has 0 radical (unpaired) electrons. The number of amides is 1. The summed E-state index contributed by atoms with van der Waals surface area (Å²) in [5.41, 5.74) is 1.81. The number of aromatic amines is 1. The van der Waals surface area contributed by atoms with Crippen LogP contribution in [0.25, 0.3) is 11.0 Å². The standard InChI is InChI=1S/C11H11N3O3/c1-12-11(17)6-2-3-7-8(4-6)14-9(13-7)5-10(15)16/h2-4H,5H2,1H3,(H,12,17)(H,13,14)(H,15,16). The number of carbonyl (C=O) groups excluding carboxylic acids is 1. The average molecular weight is 233 g/mol. The number of rotatable bonds is 3. The van der Waals surface area contributed by atoms with Gasteiger partial charge in [-0.3, -0.25) is 9.59 Å². The van der Waals surface area contributed by atoms with E-state index < -0.39 is 5.97 Å². The van der Waals surface area contributed by atoms with Gasteiger partial charge in [-0.25, -0.2) is 4.98 Å². The highest BCUT2D eigenvalue weighted by Crippen LogP contribution is 2.14. The van der Waals surface area contributed by atoms with Crippen molar-refractivity contribution in [3.8, 4) is 0 Å². The number of hydrogen-bond acceptors (Lipinski definition) is 3. The first-order valence-corrected chi connectivity index (χ1v) is 5.02. The maximum Gasteiger partial charge on any atom is 0.311 e. The number of carboxylic acid groups (broad SMARTS) is 1. The minimum Gasteiger partial charge on any atom is -0.481 e. The van der Waals surface area contributed by atoms with Crippen LogP contribution < -0.4 is 5.32 Å². The van der Waals surface area contributed by atoms with Gasteiger partial charge in [0, 0.05) is 12.6 Å². The Hall–Kier alpha value is -2.37. The molecule has 1 aromatic heterocycles. The number of imidazole rings is 1. The van der Waals surface area contributed by atoms with E-state index in [0.29, 0.717) is 22.4 Å². The molecule has 17 heavy (non-hydrogen) atoms. The van der Waals surface area contributed by atoms with Crippen LogP contribution in [0.15, 0.2) is 18.2 Å². The SMILES string of the molecule is CNC(=O)c1ccc2nc(CC(=O)O)[nH]c2c1. The summed E-state index contributed by atoms with van der Waals surface area (Å²) in [6.45, 7) is 0. The predicted molar refractivity (Wildman–Crippen MR) is 60.8 cm³/mol. The van der Waals surface area contributed by atoms with Gasteiger partial charge in [0.05, 0.1) is 11.0 Å². The smallest absolute Gasteiger partial charge is 0.311 e. The Labute approximate surface area is 96.7 Å². The second-order valence-corrected chi connectivity index (χ2v) is 3.57. The molecule has 6 heteroatoms. The molecule has 0 saturated carbocycles. The molecule has 0 bridgehead atoms. The summed E-state index contributed by atoms with van der Waals surface area (Å²) in [7, 11) is 1.55. The Morgan fingerprint density at radius 2 is 2.24 bits per heavy atom. The zero-order valence-corrected chi connectivity index (χ0v) is 9.15. The van der Waals surface area contributed by atoms with Crippen molar-refractivity contribution in [2.45, 2.75) is 6.42 Å². The molecule has 88 valence electrons. The van der Waals surface area contributed by atoms with Gasteiger partial charge in [-0.1, -0.05) is 0 Å². The molecule has 3 N–H and O–H groups in total.